The Morgan fingerprint density at radius 2 is 2.05 bits per heavy atom. The maximum atomic E-state index is 13.4. The number of amides is 1. The maximum Gasteiger partial charge on any atom is 0.274 e. The molecule has 98 valence electrons. The molecule has 7 heteroatoms. The molecule has 0 aliphatic heterocycles. The second-order valence-electron chi connectivity index (χ2n) is 3.63. The van der Waals surface area contributed by atoms with Crippen molar-refractivity contribution in [3.05, 3.63) is 53.9 Å². The van der Waals surface area contributed by atoms with Gasteiger partial charge in [-0.2, -0.15) is 0 Å². The third-order valence-corrected chi connectivity index (χ3v) is 2.36. The number of pyridine rings is 1. The molecule has 0 bridgehead atoms. The number of hydrogen-bond donors (Lipinski definition) is 3. The minimum atomic E-state index is -1.12. The third-order valence-electron chi connectivity index (χ3n) is 2.36. The molecule has 0 aliphatic rings. The monoisotopic (exact) mass is 264 g/mol. The Balaban J connectivity index is 2.23. The van der Waals surface area contributed by atoms with E-state index in [1.165, 1.54) is 24.4 Å². The number of nitrogens with one attached hydrogen (secondary N) is 2. The van der Waals surface area contributed by atoms with Crippen LogP contribution in [0.1, 0.15) is 10.5 Å². The topological polar surface area (TPSA) is 80.0 Å². The Morgan fingerprint density at radius 1 is 1.26 bits per heavy atom. The molecule has 4 N–H and O–H groups in total. The van der Waals surface area contributed by atoms with E-state index in [1.54, 1.807) is 6.07 Å². The lowest BCUT2D eigenvalue weighted by Gasteiger charge is -2.07. The van der Waals surface area contributed by atoms with Crippen molar-refractivity contribution in [2.75, 3.05) is 10.7 Å². The van der Waals surface area contributed by atoms with Gasteiger partial charge in [0.05, 0.1) is 11.4 Å². The molecule has 1 aromatic heterocycles. The van der Waals surface area contributed by atoms with E-state index in [0.29, 0.717) is 5.69 Å². The normalized spacial score (nSPS) is 10.1. The van der Waals surface area contributed by atoms with Crippen LogP contribution in [0.3, 0.4) is 0 Å². The molecule has 0 unspecified atom stereocenters. The number of hydrogen-bond acceptors (Lipinski definition) is 4. The Morgan fingerprint density at radius 3 is 2.79 bits per heavy atom. The predicted octanol–water partition coefficient (Wildman–Crippen LogP) is 1.90. The molecule has 0 atom stereocenters. The van der Waals surface area contributed by atoms with Crippen molar-refractivity contribution in [2.24, 2.45) is 5.84 Å². The minimum Gasteiger partial charge on any atom is -0.324 e. The second-order valence-corrected chi connectivity index (χ2v) is 3.63. The second kappa shape index (κ2) is 5.40. The SMILES string of the molecule is NNc1ccnc(C(=O)Nc2cccc(F)c2F)c1. The molecule has 0 saturated carbocycles. The molecule has 0 spiro atoms. The van der Waals surface area contributed by atoms with E-state index in [4.69, 9.17) is 5.84 Å². The molecular formula is C12H10F2N4O. The van der Waals surface area contributed by atoms with Crippen LogP contribution < -0.4 is 16.6 Å². The Hall–Kier alpha value is -2.54. The molecule has 1 amide bonds. The van der Waals surface area contributed by atoms with Crippen LogP contribution in [0, 0.1) is 11.6 Å². The molecular weight excluding hydrogens is 254 g/mol. The number of anilines is 2. The Bertz CT molecular complexity index is 618. The number of nitrogens with two attached hydrogens (primary N) is 1. The fourth-order valence-corrected chi connectivity index (χ4v) is 1.43. The smallest absolute Gasteiger partial charge is 0.274 e. The van der Waals surface area contributed by atoms with Crippen LogP contribution in [-0.4, -0.2) is 10.9 Å². The van der Waals surface area contributed by atoms with E-state index in [9.17, 15) is 13.6 Å². The zero-order chi connectivity index (χ0) is 13.8. The highest BCUT2D eigenvalue weighted by Crippen LogP contribution is 2.17. The zero-order valence-corrected chi connectivity index (χ0v) is 9.65. The van der Waals surface area contributed by atoms with Gasteiger partial charge in [-0.3, -0.25) is 15.6 Å². The van der Waals surface area contributed by atoms with Gasteiger partial charge in [0.2, 0.25) is 0 Å². The number of carbonyl (C=O) groups is 1. The first-order valence-electron chi connectivity index (χ1n) is 5.30. The van der Waals surface area contributed by atoms with E-state index < -0.39 is 17.5 Å². The van der Waals surface area contributed by atoms with Gasteiger partial charge >= 0.3 is 0 Å². The highest BCUT2D eigenvalue weighted by molar-refractivity contribution is 6.03. The molecule has 1 heterocycles. The van der Waals surface area contributed by atoms with Gasteiger partial charge < -0.3 is 10.7 Å². The number of carbonyl (C=O) groups excluding carboxylic acids is 1. The maximum absolute atomic E-state index is 13.4. The van der Waals surface area contributed by atoms with Crippen molar-refractivity contribution in [2.45, 2.75) is 0 Å². The van der Waals surface area contributed by atoms with Crippen LogP contribution in [0.15, 0.2) is 36.5 Å². The first-order valence-corrected chi connectivity index (χ1v) is 5.30. The van der Waals surface area contributed by atoms with Gasteiger partial charge in [0.1, 0.15) is 5.69 Å². The van der Waals surface area contributed by atoms with Gasteiger partial charge in [0, 0.05) is 6.20 Å². The van der Waals surface area contributed by atoms with Crippen molar-refractivity contribution in [1.29, 1.82) is 0 Å². The summed E-state index contributed by atoms with van der Waals surface area (Å²) in [5.41, 5.74) is 2.60. The summed E-state index contributed by atoms with van der Waals surface area (Å²) in [6, 6.07) is 6.44. The average Bonchev–Trinajstić information content (AvgIpc) is 2.44. The van der Waals surface area contributed by atoms with Crippen LogP contribution in [0.2, 0.25) is 0 Å². The minimum absolute atomic E-state index is 0.0270. The van der Waals surface area contributed by atoms with E-state index in [-0.39, 0.29) is 11.4 Å². The Kier molecular flexibility index (Phi) is 3.67. The predicted molar refractivity (Wildman–Crippen MR) is 66.4 cm³/mol. The summed E-state index contributed by atoms with van der Waals surface area (Å²) in [5, 5.41) is 2.23. The average molecular weight is 264 g/mol. The van der Waals surface area contributed by atoms with E-state index in [1.807, 2.05) is 0 Å². The lowest BCUT2D eigenvalue weighted by molar-refractivity contribution is 0.102. The molecule has 2 rings (SSSR count). The molecule has 0 saturated heterocycles. The van der Waals surface area contributed by atoms with Crippen LogP contribution >= 0.6 is 0 Å². The van der Waals surface area contributed by atoms with Crippen molar-refractivity contribution in [1.82, 2.24) is 4.98 Å². The quantitative estimate of drug-likeness (QED) is 0.584. The first kappa shape index (κ1) is 12.9. The first-order chi connectivity index (χ1) is 9.11. The highest BCUT2D eigenvalue weighted by atomic mass is 19.2. The van der Waals surface area contributed by atoms with Gasteiger partial charge in [-0.1, -0.05) is 6.07 Å². The van der Waals surface area contributed by atoms with Crippen molar-refractivity contribution in [3.8, 4) is 0 Å². The van der Waals surface area contributed by atoms with Crippen LogP contribution in [-0.2, 0) is 0 Å². The standard InChI is InChI=1S/C12H10F2N4O/c13-8-2-1-3-9(11(8)14)17-12(19)10-6-7(18-15)4-5-16-10/h1-6H,15H2,(H,16,18)(H,17,19). The summed E-state index contributed by atoms with van der Waals surface area (Å²) >= 11 is 0. The molecule has 0 fully saturated rings. The summed E-state index contributed by atoms with van der Waals surface area (Å²) in [7, 11) is 0. The van der Waals surface area contributed by atoms with E-state index in [2.05, 4.69) is 15.7 Å². The zero-order valence-electron chi connectivity index (χ0n) is 9.65. The number of benzene rings is 1. The molecule has 0 aliphatic carbocycles. The van der Waals surface area contributed by atoms with Gasteiger partial charge in [0.25, 0.3) is 5.91 Å². The van der Waals surface area contributed by atoms with Gasteiger partial charge in [0.15, 0.2) is 11.6 Å². The lowest BCUT2D eigenvalue weighted by Crippen LogP contribution is -2.16. The van der Waals surface area contributed by atoms with Crippen molar-refractivity contribution >= 4 is 17.3 Å². The molecule has 5 nitrogen and oxygen atoms in total. The van der Waals surface area contributed by atoms with E-state index in [0.717, 1.165) is 6.07 Å². The molecule has 1 aromatic carbocycles. The fraction of sp³-hybridized carbons (Fsp3) is 0. The van der Waals surface area contributed by atoms with Crippen molar-refractivity contribution < 1.29 is 13.6 Å². The third kappa shape index (κ3) is 2.83. The van der Waals surface area contributed by atoms with Crippen molar-refractivity contribution in [3.63, 3.8) is 0 Å². The highest BCUT2D eigenvalue weighted by Gasteiger charge is 2.13. The molecule has 0 radical (unpaired) electrons. The van der Waals surface area contributed by atoms with Crippen LogP contribution in [0.4, 0.5) is 20.2 Å². The summed E-state index contributed by atoms with van der Waals surface area (Å²) in [6.07, 6.45) is 1.37. The van der Waals surface area contributed by atoms with E-state index >= 15 is 0 Å². The summed E-state index contributed by atoms with van der Waals surface area (Å²) in [5.74, 6) is 2.37. The van der Waals surface area contributed by atoms with Gasteiger partial charge in [-0.15, -0.1) is 0 Å². The summed E-state index contributed by atoms with van der Waals surface area (Å²) in [6.45, 7) is 0. The lowest BCUT2D eigenvalue weighted by atomic mass is 10.2. The number of aromatic nitrogens is 1. The number of nitrogens with zero attached hydrogens (tertiary/aromatic N) is 1. The fourth-order valence-electron chi connectivity index (χ4n) is 1.43. The van der Waals surface area contributed by atoms with Gasteiger partial charge in [-0.05, 0) is 24.3 Å². The molecule has 19 heavy (non-hydrogen) atoms. The van der Waals surface area contributed by atoms with Crippen LogP contribution in [0.25, 0.3) is 0 Å². The Labute approximate surface area is 107 Å². The largest absolute Gasteiger partial charge is 0.324 e. The van der Waals surface area contributed by atoms with Gasteiger partial charge in [-0.25, -0.2) is 8.78 Å². The number of halogens is 2. The number of rotatable bonds is 3. The number of hydrazine groups is 1. The van der Waals surface area contributed by atoms with Crippen LogP contribution in [0.5, 0.6) is 0 Å². The summed E-state index contributed by atoms with van der Waals surface area (Å²) < 4.78 is 26.4. The molecule has 2 aromatic rings. The number of nitrogen functional groups attached to an aromatic ring is 1. The summed E-state index contributed by atoms with van der Waals surface area (Å²) in [4.78, 5) is 15.6.